The van der Waals surface area contributed by atoms with E-state index in [1.807, 2.05) is 36.4 Å². The number of hydrogen-bond donors (Lipinski definition) is 2. The average Bonchev–Trinajstić information content (AvgIpc) is 2.48. The molecule has 1 heterocycles. The van der Waals surface area contributed by atoms with E-state index in [-0.39, 0.29) is 5.75 Å². The molecule has 3 rings (SSSR count). The van der Waals surface area contributed by atoms with E-state index in [1.165, 1.54) is 0 Å². The zero-order valence-electron chi connectivity index (χ0n) is 11.6. The lowest BCUT2D eigenvalue weighted by molar-refractivity contribution is -0.139. The van der Waals surface area contributed by atoms with Gasteiger partial charge in [0.25, 0.3) is 0 Å². The van der Waals surface area contributed by atoms with E-state index in [0.717, 1.165) is 23.2 Å². The summed E-state index contributed by atoms with van der Waals surface area (Å²) in [4.78, 5) is 13.6. The molecule has 2 N–H and O–H groups in total. The van der Waals surface area contributed by atoms with Crippen LogP contribution in [0.25, 0.3) is 0 Å². The van der Waals surface area contributed by atoms with Crippen LogP contribution in [-0.2, 0) is 17.9 Å². The number of fused-ring (bicyclic) bond motifs is 1. The monoisotopic (exact) mass is 283 g/mol. The molecular weight excluding hydrogens is 266 g/mol. The number of aromatic hydroxyl groups is 1. The molecule has 0 spiro atoms. The maximum Gasteiger partial charge on any atom is 0.312 e. The summed E-state index contributed by atoms with van der Waals surface area (Å²) < 4.78 is 0. The van der Waals surface area contributed by atoms with E-state index in [4.69, 9.17) is 0 Å². The molecule has 0 fully saturated rings. The van der Waals surface area contributed by atoms with Crippen LogP contribution in [0, 0.1) is 0 Å². The fourth-order valence-electron chi connectivity index (χ4n) is 2.87. The molecule has 0 amide bonds. The zero-order chi connectivity index (χ0) is 14.8. The highest BCUT2D eigenvalue weighted by molar-refractivity contribution is 5.77. The van der Waals surface area contributed by atoms with Gasteiger partial charge in [-0.2, -0.15) is 0 Å². The number of rotatable bonds is 3. The summed E-state index contributed by atoms with van der Waals surface area (Å²) in [5, 5.41) is 18.8. The number of carboxylic acid groups (broad SMARTS) is 1. The smallest absolute Gasteiger partial charge is 0.312 e. The van der Waals surface area contributed by atoms with Crippen molar-refractivity contribution in [2.75, 3.05) is 6.54 Å². The molecule has 2 aromatic carbocycles. The molecule has 4 nitrogen and oxygen atoms in total. The minimum atomic E-state index is -0.780. The Bertz CT molecular complexity index is 651. The molecule has 0 aromatic heterocycles. The van der Waals surface area contributed by atoms with Gasteiger partial charge in [-0.3, -0.25) is 9.69 Å². The van der Waals surface area contributed by atoms with Crippen molar-refractivity contribution in [3.8, 4) is 5.75 Å². The van der Waals surface area contributed by atoms with Crippen LogP contribution < -0.4 is 0 Å². The maximum absolute atomic E-state index is 11.5. The fourth-order valence-corrected chi connectivity index (χ4v) is 2.87. The molecule has 0 bridgehead atoms. The SMILES string of the molecule is O=C(O)C1CN(Cc2ccc(O)cc2)Cc2ccccc21. The highest BCUT2D eigenvalue weighted by Gasteiger charge is 2.29. The second kappa shape index (κ2) is 5.58. The number of benzene rings is 2. The Morgan fingerprint density at radius 2 is 1.86 bits per heavy atom. The number of nitrogens with zero attached hydrogens (tertiary/aromatic N) is 1. The van der Waals surface area contributed by atoms with Crippen LogP contribution in [0.15, 0.2) is 48.5 Å². The first-order valence-corrected chi connectivity index (χ1v) is 6.94. The molecule has 0 aliphatic carbocycles. The number of aliphatic carboxylic acids is 1. The summed E-state index contributed by atoms with van der Waals surface area (Å²) in [7, 11) is 0. The quantitative estimate of drug-likeness (QED) is 0.909. The molecule has 1 aliphatic heterocycles. The summed E-state index contributed by atoms with van der Waals surface area (Å²) in [5.41, 5.74) is 3.07. The first-order valence-electron chi connectivity index (χ1n) is 6.94. The van der Waals surface area contributed by atoms with Gasteiger partial charge in [0.2, 0.25) is 0 Å². The second-order valence-corrected chi connectivity index (χ2v) is 5.43. The van der Waals surface area contributed by atoms with Crippen molar-refractivity contribution < 1.29 is 15.0 Å². The molecular formula is C17H17NO3. The molecule has 4 heteroatoms. The standard InChI is InChI=1S/C17H17NO3/c19-14-7-5-12(6-8-14)9-18-10-13-3-1-2-4-15(13)16(11-18)17(20)21/h1-8,16,19H,9-11H2,(H,20,21). The van der Waals surface area contributed by atoms with E-state index in [9.17, 15) is 15.0 Å². The highest BCUT2D eigenvalue weighted by atomic mass is 16.4. The Kier molecular flexibility index (Phi) is 3.62. The van der Waals surface area contributed by atoms with Crippen molar-refractivity contribution in [2.24, 2.45) is 0 Å². The average molecular weight is 283 g/mol. The third kappa shape index (κ3) is 2.90. The lowest BCUT2D eigenvalue weighted by Gasteiger charge is -2.32. The highest BCUT2D eigenvalue weighted by Crippen LogP contribution is 2.29. The van der Waals surface area contributed by atoms with Gasteiger partial charge in [0.15, 0.2) is 0 Å². The summed E-state index contributed by atoms with van der Waals surface area (Å²) in [6.45, 7) is 1.94. The lowest BCUT2D eigenvalue weighted by Crippen LogP contribution is -2.36. The molecule has 2 aromatic rings. The third-order valence-corrected chi connectivity index (χ3v) is 3.91. The molecule has 0 radical (unpaired) electrons. The van der Waals surface area contributed by atoms with E-state index in [2.05, 4.69) is 4.90 Å². The van der Waals surface area contributed by atoms with Crippen LogP contribution in [-0.4, -0.2) is 27.6 Å². The number of carboxylic acids is 1. The van der Waals surface area contributed by atoms with Crippen molar-refractivity contribution in [2.45, 2.75) is 19.0 Å². The summed E-state index contributed by atoms with van der Waals surface area (Å²) in [5.74, 6) is -1.02. The van der Waals surface area contributed by atoms with Gasteiger partial charge < -0.3 is 10.2 Å². The number of carbonyl (C=O) groups is 1. The normalized spacial score (nSPS) is 18.2. The largest absolute Gasteiger partial charge is 0.508 e. The van der Waals surface area contributed by atoms with Gasteiger partial charge in [-0.1, -0.05) is 36.4 Å². The Morgan fingerprint density at radius 1 is 1.14 bits per heavy atom. The summed E-state index contributed by atoms with van der Waals surface area (Å²) in [6, 6.07) is 14.8. The first-order chi connectivity index (χ1) is 10.1. The lowest BCUT2D eigenvalue weighted by atomic mass is 9.89. The first kappa shape index (κ1) is 13.6. The predicted molar refractivity (Wildman–Crippen MR) is 79.0 cm³/mol. The summed E-state index contributed by atoms with van der Waals surface area (Å²) in [6.07, 6.45) is 0. The molecule has 108 valence electrons. The van der Waals surface area contributed by atoms with Crippen molar-refractivity contribution in [1.82, 2.24) is 4.90 Å². The van der Waals surface area contributed by atoms with Gasteiger partial charge in [0, 0.05) is 19.6 Å². The van der Waals surface area contributed by atoms with Crippen LogP contribution in [0.2, 0.25) is 0 Å². The van der Waals surface area contributed by atoms with Gasteiger partial charge in [0.1, 0.15) is 5.75 Å². The van der Waals surface area contributed by atoms with Gasteiger partial charge in [-0.25, -0.2) is 0 Å². The number of hydrogen-bond acceptors (Lipinski definition) is 3. The molecule has 0 saturated heterocycles. The predicted octanol–water partition coefficient (Wildman–Crippen LogP) is 2.58. The van der Waals surface area contributed by atoms with Crippen LogP contribution >= 0.6 is 0 Å². The van der Waals surface area contributed by atoms with Gasteiger partial charge in [-0.05, 0) is 28.8 Å². The van der Waals surface area contributed by atoms with Crippen molar-refractivity contribution >= 4 is 5.97 Å². The van der Waals surface area contributed by atoms with Crippen molar-refractivity contribution in [3.05, 3.63) is 65.2 Å². The topological polar surface area (TPSA) is 60.8 Å². The van der Waals surface area contributed by atoms with Gasteiger partial charge >= 0.3 is 5.97 Å². The summed E-state index contributed by atoms with van der Waals surface area (Å²) >= 11 is 0. The number of phenols is 1. The van der Waals surface area contributed by atoms with Gasteiger partial charge in [-0.15, -0.1) is 0 Å². The second-order valence-electron chi connectivity index (χ2n) is 5.43. The Labute approximate surface area is 123 Å². The molecule has 0 saturated carbocycles. The van der Waals surface area contributed by atoms with Gasteiger partial charge in [0.05, 0.1) is 5.92 Å². The van der Waals surface area contributed by atoms with E-state index >= 15 is 0 Å². The maximum atomic E-state index is 11.5. The van der Waals surface area contributed by atoms with Crippen LogP contribution in [0.5, 0.6) is 5.75 Å². The minimum Gasteiger partial charge on any atom is -0.508 e. The third-order valence-electron chi connectivity index (χ3n) is 3.91. The van der Waals surface area contributed by atoms with E-state index < -0.39 is 11.9 Å². The Hall–Kier alpha value is -2.33. The van der Waals surface area contributed by atoms with Crippen LogP contribution in [0.1, 0.15) is 22.6 Å². The van der Waals surface area contributed by atoms with Crippen molar-refractivity contribution in [1.29, 1.82) is 0 Å². The number of phenolic OH excluding ortho intramolecular Hbond substituents is 1. The van der Waals surface area contributed by atoms with Crippen molar-refractivity contribution in [3.63, 3.8) is 0 Å². The molecule has 1 unspecified atom stereocenters. The molecule has 1 aliphatic rings. The molecule has 1 atom stereocenters. The van der Waals surface area contributed by atoms with Crippen LogP contribution in [0.4, 0.5) is 0 Å². The Balaban J connectivity index is 1.83. The van der Waals surface area contributed by atoms with Crippen LogP contribution in [0.3, 0.4) is 0 Å². The van der Waals surface area contributed by atoms with E-state index in [1.54, 1.807) is 12.1 Å². The minimum absolute atomic E-state index is 0.242. The Morgan fingerprint density at radius 3 is 2.57 bits per heavy atom. The van der Waals surface area contributed by atoms with E-state index in [0.29, 0.717) is 13.1 Å². The molecule has 21 heavy (non-hydrogen) atoms. The fraction of sp³-hybridized carbons (Fsp3) is 0.235. The zero-order valence-corrected chi connectivity index (χ0v) is 11.6.